The number of hydrogen-bond acceptors (Lipinski definition) is 3. The maximum atomic E-state index is 4.47. The highest BCUT2D eigenvalue weighted by molar-refractivity contribution is 5.55. The molecule has 1 aromatic rings. The standard InChI is InChI=1S/C15H23N3/c1-3-18(14-6-7-14)15-8-11(2)16-9-12(15)10-17-13-4-5-13/h8-9,13-14,17H,3-7,10H2,1-2H3. The van der Waals surface area contributed by atoms with Crippen molar-refractivity contribution in [1.29, 1.82) is 0 Å². The van der Waals surface area contributed by atoms with Crippen molar-refractivity contribution in [3.63, 3.8) is 0 Å². The molecule has 2 fully saturated rings. The van der Waals surface area contributed by atoms with Gasteiger partial charge >= 0.3 is 0 Å². The minimum absolute atomic E-state index is 0.759. The summed E-state index contributed by atoms with van der Waals surface area (Å²) >= 11 is 0. The van der Waals surface area contributed by atoms with Crippen molar-refractivity contribution in [2.75, 3.05) is 11.4 Å². The zero-order chi connectivity index (χ0) is 12.5. The van der Waals surface area contributed by atoms with Crippen LogP contribution in [0.5, 0.6) is 0 Å². The van der Waals surface area contributed by atoms with E-state index in [4.69, 9.17) is 0 Å². The molecule has 18 heavy (non-hydrogen) atoms. The zero-order valence-electron chi connectivity index (χ0n) is 11.4. The third-order valence-corrected chi connectivity index (χ3v) is 3.89. The fraction of sp³-hybridized carbons (Fsp3) is 0.667. The van der Waals surface area contributed by atoms with Gasteiger partial charge in [0.05, 0.1) is 0 Å². The van der Waals surface area contributed by atoms with Crippen LogP contribution in [0.4, 0.5) is 5.69 Å². The Kier molecular flexibility index (Phi) is 3.25. The normalized spacial score (nSPS) is 19.0. The second-order valence-corrected chi connectivity index (χ2v) is 5.63. The molecule has 3 heteroatoms. The van der Waals surface area contributed by atoms with Gasteiger partial charge in [0, 0.05) is 48.3 Å². The largest absolute Gasteiger partial charge is 0.368 e. The Balaban J connectivity index is 1.81. The van der Waals surface area contributed by atoms with Gasteiger partial charge in [0.25, 0.3) is 0 Å². The second kappa shape index (κ2) is 4.88. The number of aryl methyl sites for hydroxylation is 1. The van der Waals surface area contributed by atoms with Gasteiger partial charge in [0.2, 0.25) is 0 Å². The third-order valence-electron chi connectivity index (χ3n) is 3.89. The summed E-state index contributed by atoms with van der Waals surface area (Å²) in [4.78, 5) is 7.02. The molecule has 0 atom stereocenters. The van der Waals surface area contributed by atoms with Crippen LogP contribution in [0.15, 0.2) is 12.3 Å². The molecule has 0 aromatic carbocycles. The molecule has 98 valence electrons. The maximum Gasteiger partial charge on any atom is 0.0447 e. The Morgan fingerprint density at radius 3 is 2.72 bits per heavy atom. The summed E-state index contributed by atoms with van der Waals surface area (Å²) in [6.07, 6.45) is 7.45. The van der Waals surface area contributed by atoms with Gasteiger partial charge < -0.3 is 10.2 Å². The van der Waals surface area contributed by atoms with Gasteiger partial charge in [0.1, 0.15) is 0 Å². The Morgan fingerprint density at radius 2 is 2.11 bits per heavy atom. The van der Waals surface area contributed by atoms with Crippen LogP contribution in [-0.4, -0.2) is 23.6 Å². The third kappa shape index (κ3) is 2.66. The molecular formula is C15H23N3. The van der Waals surface area contributed by atoms with E-state index in [1.807, 2.05) is 0 Å². The molecule has 2 saturated carbocycles. The van der Waals surface area contributed by atoms with Gasteiger partial charge in [-0.05, 0) is 45.6 Å². The highest BCUT2D eigenvalue weighted by Gasteiger charge is 2.29. The highest BCUT2D eigenvalue weighted by atomic mass is 15.2. The van der Waals surface area contributed by atoms with E-state index in [1.54, 1.807) is 0 Å². The summed E-state index contributed by atoms with van der Waals surface area (Å²) < 4.78 is 0. The van der Waals surface area contributed by atoms with E-state index in [2.05, 4.69) is 41.3 Å². The van der Waals surface area contributed by atoms with Crippen molar-refractivity contribution in [3.8, 4) is 0 Å². The SMILES string of the molecule is CCN(c1cc(C)ncc1CNC1CC1)C1CC1. The molecule has 1 N–H and O–H groups in total. The lowest BCUT2D eigenvalue weighted by Gasteiger charge is -2.26. The van der Waals surface area contributed by atoms with Crippen molar-refractivity contribution in [3.05, 3.63) is 23.5 Å². The predicted octanol–water partition coefficient (Wildman–Crippen LogP) is 2.63. The molecule has 3 nitrogen and oxygen atoms in total. The van der Waals surface area contributed by atoms with Gasteiger partial charge in [0.15, 0.2) is 0 Å². The van der Waals surface area contributed by atoms with Gasteiger partial charge in [-0.25, -0.2) is 0 Å². The average Bonchev–Trinajstić information content (AvgIpc) is 3.23. The maximum absolute atomic E-state index is 4.47. The van der Waals surface area contributed by atoms with E-state index in [1.165, 1.54) is 36.9 Å². The van der Waals surface area contributed by atoms with Crippen molar-refractivity contribution in [2.24, 2.45) is 0 Å². The van der Waals surface area contributed by atoms with Crippen molar-refractivity contribution in [1.82, 2.24) is 10.3 Å². The first-order valence-corrected chi connectivity index (χ1v) is 7.23. The summed E-state index contributed by atoms with van der Waals surface area (Å²) in [6.45, 7) is 6.41. The van der Waals surface area contributed by atoms with Gasteiger partial charge in [-0.2, -0.15) is 0 Å². The van der Waals surface area contributed by atoms with Crippen LogP contribution in [0.3, 0.4) is 0 Å². The van der Waals surface area contributed by atoms with Crippen LogP contribution in [0.2, 0.25) is 0 Å². The minimum atomic E-state index is 0.759. The summed E-state index contributed by atoms with van der Waals surface area (Å²) in [5.41, 5.74) is 3.89. The molecule has 2 aliphatic carbocycles. The van der Waals surface area contributed by atoms with E-state index in [-0.39, 0.29) is 0 Å². The number of hydrogen-bond donors (Lipinski definition) is 1. The molecule has 0 bridgehead atoms. The lowest BCUT2D eigenvalue weighted by molar-refractivity contribution is 0.680. The number of nitrogens with one attached hydrogen (secondary N) is 1. The molecule has 1 aromatic heterocycles. The van der Waals surface area contributed by atoms with Crippen LogP contribution in [0, 0.1) is 6.92 Å². The van der Waals surface area contributed by atoms with Gasteiger partial charge in [-0.1, -0.05) is 0 Å². The zero-order valence-corrected chi connectivity index (χ0v) is 11.4. The number of aromatic nitrogens is 1. The average molecular weight is 245 g/mol. The first-order valence-electron chi connectivity index (χ1n) is 7.23. The molecule has 3 rings (SSSR count). The summed E-state index contributed by atoms with van der Waals surface area (Å²) in [5, 5.41) is 3.60. The van der Waals surface area contributed by atoms with E-state index in [9.17, 15) is 0 Å². The molecule has 0 radical (unpaired) electrons. The number of pyridine rings is 1. The fourth-order valence-corrected chi connectivity index (χ4v) is 2.53. The molecule has 0 aliphatic heterocycles. The minimum Gasteiger partial charge on any atom is -0.368 e. The number of anilines is 1. The van der Waals surface area contributed by atoms with Crippen molar-refractivity contribution < 1.29 is 0 Å². The first kappa shape index (κ1) is 12.0. The van der Waals surface area contributed by atoms with Crippen molar-refractivity contribution in [2.45, 2.75) is 58.2 Å². The van der Waals surface area contributed by atoms with Crippen LogP contribution in [0.1, 0.15) is 43.9 Å². The smallest absolute Gasteiger partial charge is 0.0447 e. The van der Waals surface area contributed by atoms with E-state index in [0.29, 0.717) is 0 Å². The van der Waals surface area contributed by atoms with Gasteiger partial charge in [-0.15, -0.1) is 0 Å². The summed E-state index contributed by atoms with van der Waals surface area (Å²) in [7, 11) is 0. The Hall–Kier alpha value is -1.09. The molecule has 0 amide bonds. The Morgan fingerprint density at radius 1 is 1.33 bits per heavy atom. The van der Waals surface area contributed by atoms with E-state index >= 15 is 0 Å². The predicted molar refractivity (Wildman–Crippen MR) is 74.9 cm³/mol. The lowest BCUT2D eigenvalue weighted by atomic mass is 10.1. The topological polar surface area (TPSA) is 28.2 Å². The summed E-state index contributed by atoms with van der Waals surface area (Å²) in [5.74, 6) is 0. The fourth-order valence-electron chi connectivity index (χ4n) is 2.53. The first-order chi connectivity index (χ1) is 8.78. The molecule has 0 unspecified atom stereocenters. The summed E-state index contributed by atoms with van der Waals surface area (Å²) in [6, 6.07) is 3.79. The van der Waals surface area contributed by atoms with E-state index in [0.717, 1.165) is 30.9 Å². The van der Waals surface area contributed by atoms with Crippen LogP contribution in [0.25, 0.3) is 0 Å². The lowest BCUT2D eigenvalue weighted by Crippen LogP contribution is -2.28. The number of nitrogens with zero attached hydrogens (tertiary/aromatic N) is 2. The van der Waals surface area contributed by atoms with E-state index < -0.39 is 0 Å². The second-order valence-electron chi connectivity index (χ2n) is 5.63. The quantitative estimate of drug-likeness (QED) is 0.835. The van der Waals surface area contributed by atoms with Crippen LogP contribution in [-0.2, 0) is 6.54 Å². The van der Waals surface area contributed by atoms with Crippen LogP contribution >= 0.6 is 0 Å². The number of rotatable bonds is 6. The molecule has 0 saturated heterocycles. The monoisotopic (exact) mass is 245 g/mol. The van der Waals surface area contributed by atoms with Crippen LogP contribution < -0.4 is 10.2 Å². The Labute approximate surface area is 110 Å². The molecule has 0 spiro atoms. The molecule has 2 aliphatic rings. The highest BCUT2D eigenvalue weighted by Crippen LogP contribution is 2.33. The molecule has 1 heterocycles. The van der Waals surface area contributed by atoms with Gasteiger partial charge in [-0.3, -0.25) is 4.98 Å². The van der Waals surface area contributed by atoms with Crippen molar-refractivity contribution >= 4 is 5.69 Å². The molecular weight excluding hydrogens is 222 g/mol. The Bertz CT molecular complexity index is 422.